The highest BCUT2D eigenvalue weighted by Gasteiger charge is 2.28. The summed E-state index contributed by atoms with van der Waals surface area (Å²) in [6.45, 7) is 4.13. The Bertz CT molecular complexity index is 439. The smallest absolute Gasteiger partial charge is 0.239 e. The number of thioether (sulfide) groups is 1. The van der Waals surface area contributed by atoms with Crippen molar-refractivity contribution < 1.29 is 4.79 Å². The maximum atomic E-state index is 11.5. The van der Waals surface area contributed by atoms with Gasteiger partial charge >= 0.3 is 0 Å². The molecule has 0 bridgehead atoms. The first-order valence-electron chi connectivity index (χ1n) is 5.88. The number of nitrogens with one attached hydrogen (secondary N) is 1. The van der Waals surface area contributed by atoms with Crippen molar-refractivity contribution in [1.82, 2.24) is 5.32 Å². The fourth-order valence-corrected chi connectivity index (χ4v) is 2.57. The Morgan fingerprint density at radius 2 is 2.00 bits per heavy atom. The lowest BCUT2D eigenvalue weighted by atomic mass is 10.2. The maximum absolute atomic E-state index is 11.5. The van der Waals surface area contributed by atoms with Gasteiger partial charge in [0, 0.05) is 0 Å². The lowest BCUT2D eigenvalue weighted by Gasteiger charge is -1.99. The van der Waals surface area contributed by atoms with Gasteiger partial charge in [0.1, 0.15) is 0 Å². The average molecular weight is 248 g/mol. The van der Waals surface area contributed by atoms with Crippen molar-refractivity contribution in [3.8, 4) is 0 Å². The van der Waals surface area contributed by atoms with Crippen LogP contribution in [0.2, 0.25) is 0 Å². The predicted molar refractivity (Wildman–Crippen MR) is 72.7 cm³/mol. The summed E-state index contributed by atoms with van der Waals surface area (Å²) in [6, 6.07) is 8.10. The molecule has 3 nitrogen and oxygen atoms in total. The minimum atomic E-state index is 0.0173. The van der Waals surface area contributed by atoms with Crippen LogP contribution in [0.3, 0.4) is 0 Å². The highest BCUT2D eigenvalue weighted by molar-refractivity contribution is 8.15. The molecular weight excluding hydrogens is 232 g/mol. The molecule has 1 aromatic rings. The van der Waals surface area contributed by atoms with Gasteiger partial charge in [-0.25, -0.2) is 4.99 Å². The summed E-state index contributed by atoms with van der Waals surface area (Å²) >= 11 is 1.51. The van der Waals surface area contributed by atoms with E-state index in [4.69, 9.17) is 0 Å². The first-order valence-corrected chi connectivity index (χ1v) is 6.76. The van der Waals surface area contributed by atoms with E-state index in [1.165, 1.54) is 17.3 Å². The van der Waals surface area contributed by atoms with Crippen LogP contribution in [-0.4, -0.2) is 16.3 Å². The molecule has 4 heteroatoms. The van der Waals surface area contributed by atoms with Crippen LogP contribution in [0.4, 0.5) is 5.69 Å². The minimum absolute atomic E-state index is 0.0173. The van der Waals surface area contributed by atoms with Crippen molar-refractivity contribution in [3.05, 3.63) is 29.8 Å². The highest BCUT2D eigenvalue weighted by atomic mass is 32.2. The molecule has 0 radical (unpaired) electrons. The fraction of sp³-hybridized carbons (Fsp3) is 0.385. The molecule has 1 aliphatic heterocycles. The summed E-state index contributed by atoms with van der Waals surface area (Å²) < 4.78 is 0. The molecule has 1 heterocycles. The average Bonchev–Trinajstić information content (AvgIpc) is 2.70. The van der Waals surface area contributed by atoms with Crippen LogP contribution in [0.25, 0.3) is 0 Å². The molecule has 1 N–H and O–H groups in total. The Morgan fingerprint density at radius 1 is 1.29 bits per heavy atom. The highest BCUT2D eigenvalue weighted by Crippen LogP contribution is 2.24. The van der Waals surface area contributed by atoms with E-state index >= 15 is 0 Å². The van der Waals surface area contributed by atoms with Gasteiger partial charge in [-0.15, -0.1) is 0 Å². The number of aryl methyl sites for hydroxylation is 1. The topological polar surface area (TPSA) is 41.5 Å². The third-order valence-electron chi connectivity index (χ3n) is 2.72. The molecule has 1 amide bonds. The number of hydrogen-bond donors (Lipinski definition) is 1. The Hall–Kier alpha value is -1.29. The monoisotopic (exact) mass is 248 g/mol. The molecule has 90 valence electrons. The van der Waals surface area contributed by atoms with Crippen LogP contribution >= 0.6 is 11.8 Å². The second kappa shape index (κ2) is 5.36. The summed E-state index contributed by atoms with van der Waals surface area (Å²) in [5, 5.41) is 3.54. The zero-order valence-corrected chi connectivity index (χ0v) is 10.9. The van der Waals surface area contributed by atoms with Crippen LogP contribution in [-0.2, 0) is 11.2 Å². The Labute approximate surface area is 106 Å². The molecule has 2 rings (SSSR count). The first kappa shape index (κ1) is 12.2. The molecular formula is C13H16N2OS. The van der Waals surface area contributed by atoms with E-state index in [0.29, 0.717) is 5.17 Å². The summed E-state index contributed by atoms with van der Waals surface area (Å²) in [5.41, 5.74) is 2.19. The lowest BCUT2D eigenvalue weighted by Crippen LogP contribution is -2.24. The predicted octanol–water partition coefficient (Wildman–Crippen LogP) is 2.88. The summed E-state index contributed by atoms with van der Waals surface area (Å²) in [5.74, 6) is 0.0708. The van der Waals surface area contributed by atoms with Crippen LogP contribution < -0.4 is 5.32 Å². The Kier molecular flexibility index (Phi) is 3.84. The quantitative estimate of drug-likeness (QED) is 0.893. The maximum Gasteiger partial charge on any atom is 0.239 e. The SMILES string of the molecule is CCc1ccc(N=C2NC(=O)[C@H](CC)S2)cc1. The van der Waals surface area contributed by atoms with Crippen LogP contribution in [0.1, 0.15) is 25.8 Å². The van der Waals surface area contributed by atoms with Crippen molar-refractivity contribution in [1.29, 1.82) is 0 Å². The van der Waals surface area contributed by atoms with Gasteiger partial charge < -0.3 is 5.32 Å². The second-order valence-corrected chi connectivity index (χ2v) is 5.13. The van der Waals surface area contributed by atoms with Crippen LogP contribution in [0.5, 0.6) is 0 Å². The number of rotatable bonds is 3. The largest absolute Gasteiger partial charge is 0.304 e. The van der Waals surface area contributed by atoms with Crippen molar-refractivity contribution >= 4 is 28.5 Å². The third kappa shape index (κ3) is 2.88. The molecule has 0 aromatic heterocycles. The molecule has 0 unspecified atom stereocenters. The molecule has 17 heavy (non-hydrogen) atoms. The van der Waals surface area contributed by atoms with E-state index in [1.807, 2.05) is 19.1 Å². The number of nitrogens with zero attached hydrogens (tertiary/aromatic N) is 1. The summed E-state index contributed by atoms with van der Waals surface area (Å²) in [7, 11) is 0. The summed E-state index contributed by atoms with van der Waals surface area (Å²) in [6.07, 6.45) is 1.87. The Balaban J connectivity index is 2.11. The van der Waals surface area contributed by atoms with Gasteiger partial charge in [-0.05, 0) is 30.5 Å². The minimum Gasteiger partial charge on any atom is -0.304 e. The lowest BCUT2D eigenvalue weighted by molar-refractivity contribution is -0.118. The van der Waals surface area contributed by atoms with Crippen molar-refractivity contribution in [3.63, 3.8) is 0 Å². The third-order valence-corrected chi connectivity index (χ3v) is 3.97. The van der Waals surface area contributed by atoms with Gasteiger partial charge in [0.2, 0.25) is 5.91 Å². The fourth-order valence-electron chi connectivity index (χ4n) is 1.65. The van der Waals surface area contributed by atoms with Crippen LogP contribution in [0, 0.1) is 0 Å². The number of carbonyl (C=O) groups excluding carboxylic acids is 1. The normalized spacial score (nSPS) is 21.9. The molecule has 1 aromatic carbocycles. The van der Waals surface area contributed by atoms with E-state index in [0.717, 1.165) is 18.5 Å². The van der Waals surface area contributed by atoms with Crippen molar-refractivity contribution in [2.75, 3.05) is 0 Å². The van der Waals surface area contributed by atoms with Crippen LogP contribution in [0.15, 0.2) is 29.3 Å². The van der Waals surface area contributed by atoms with E-state index < -0.39 is 0 Å². The van der Waals surface area contributed by atoms with Crippen molar-refractivity contribution in [2.24, 2.45) is 4.99 Å². The number of benzene rings is 1. The van der Waals surface area contributed by atoms with E-state index in [1.54, 1.807) is 0 Å². The number of carbonyl (C=O) groups is 1. The number of hydrogen-bond acceptors (Lipinski definition) is 3. The van der Waals surface area contributed by atoms with Gasteiger partial charge in [-0.2, -0.15) is 0 Å². The van der Waals surface area contributed by atoms with Gasteiger partial charge in [-0.1, -0.05) is 37.7 Å². The molecule has 0 aliphatic carbocycles. The number of aliphatic imine (C=N–C) groups is 1. The second-order valence-electron chi connectivity index (χ2n) is 3.94. The summed E-state index contributed by atoms with van der Waals surface area (Å²) in [4.78, 5) is 15.9. The molecule has 0 spiro atoms. The van der Waals surface area contributed by atoms with E-state index in [2.05, 4.69) is 29.4 Å². The van der Waals surface area contributed by atoms with Crippen molar-refractivity contribution in [2.45, 2.75) is 31.9 Å². The van der Waals surface area contributed by atoms with Gasteiger partial charge in [0.05, 0.1) is 10.9 Å². The van der Waals surface area contributed by atoms with E-state index in [9.17, 15) is 4.79 Å². The van der Waals surface area contributed by atoms with E-state index in [-0.39, 0.29) is 11.2 Å². The molecule has 1 fully saturated rings. The molecule has 1 atom stereocenters. The zero-order chi connectivity index (χ0) is 12.3. The molecule has 1 aliphatic rings. The van der Waals surface area contributed by atoms with Gasteiger partial charge in [0.15, 0.2) is 5.17 Å². The first-order chi connectivity index (χ1) is 8.22. The molecule has 1 saturated heterocycles. The molecule has 0 saturated carbocycles. The van der Waals surface area contributed by atoms with Gasteiger partial charge in [0.25, 0.3) is 0 Å². The Morgan fingerprint density at radius 3 is 2.53 bits per heavy atom. The number of amidine groups is 1. The zero-order valence-electron chi connectivity index (χ0n) is 10.1. The number of amides is 1. The standard InChI is InChI=1S/C13H16N2OS/c1-3-9-5-7-10(8-6-9)14-13-15-12(16)11(4-2)17-13/h5-8,11H,3-4H2,1-2H3,(H,14,15,16)/t11-/m0/s1. The van der Waals surface area contributed by atoms with Gasteiger partial charge in [-0.3, -0.25) is 4.79 Å².